The number of nitrogen functional groups attached to an aromatic ring is 1. The lowest BCUT2D eigenvalue weighted by molar-refractivity contribution is 0.0602. The van der Waals surface area contributed by atoms with Gasteiger partial charge in [-0.1, -0.05) is 6.07 Å². The fourth-order valence-corrected chi connectivity index (χ4v) is 2.22. The van der Waals surface area contributed by atoms with Crippen LogP contribution in [0.15, 0.2) is 18.2 Å². The lowest BCUT2D eigenvalue weighted by atomic mass is 10.1. The molecule has 0 atom stereocenters. The monoisotopic (exact) mass is 250 g/mol. The summed E-state index contributed by atoms with van der Waals surface area (Å²) in [5, 5.41) is 9.49. The Labute approximate surface area is 106 Å². The lowest BCUT2D eigenvalue weighted by Crippen LogP contribution is -2.36. The zero-order valence-electron chi connectivity index (χ0n) is 10.4. The third-order valence-electron chi connectivity index (χ3n) is 3.29. The topological polar surface area (TPSA) is 75.8 Å². The van der Waals surface area contributed by atoms with Crippen molar-refractivity contribution in [2.24, 2.45) is 0 Å². The highest BCUT2D eigenvalue weighted by molar-refractivity contribution is 5.98. The van der Waals surface area contributed by atoms with Gasteiger partial charge in [0, 0.05) is 13.1 Å². The summed E-state index contributed by atoms with van der Waals surface area (Å²) in [6.07, 6.45) is 1.22. The van der Waals surface area contributed by atoms with Gasteiger partial charge < -0.3 is 20.5 Å². The molecule has 1 fully saturated rings. The predicted molar refractivity (Wildman–Crippen MR) is 69.6 cm³/mol. The van der Waals surface area contributed by atoms with Crippen LogP contribution >= 0.6 is 0 Å². The number of anilines is 2. The largest absolute Gasteiger partial charge is 0.465 e. The van der Waals surface area contributed by atoms with Crippen molar-refractivity contribution < 1.29 is 14.6 Å². The Kier molecular flexibility index (Phi) is 3.72. The van der Waals surface area contributed by atoms with Crippen LogP contribution in [0.4, 0.5) is 11.4 Å². The molecule has 0 amide bonds. The van der Waals surface area contributed by atoms with E-state index >= 15 is 0 Å². The standard InChI is InChI=1S/C13H18N2O3/c1-18-13(17)10-3-2-4-11(12(10)14)15-7-5-9(16)6-8-15/h2-4,9,16H,5-8,14H2,1H3. The number of nitrogens with zero attached hydrogens (tertiary/aromatic N) is 1. The maximum absolute atomic E-state index is 11.6. The number of esters is 1. The molecular formula is C13H18N2O3. The number of para-hydroxylation sites is 1. The van der Waals surface area contributed by atoms with Gasteiger partial charge in [-0.3, -0.25) is 0 Å². The van der Waals surface area contributed by atoms with E-state index in [1.165, 1.54) is 7.11 Å². The Morgan fingerprint density at radius 1 is 1.44 bits per heavy atom. The van der Waals surface area contributed by atoms with Crippen LogP contribution in [0.25, 0.3) is 0 Å². The molecular weight excluding hydrogens is 232 g/mol. The zero-order chi connectivity index (χ0) is 13.1. The van der Waals surface area contributed by atoms with E-state index in [2.05, 4.69) is 4.90 Å². The Morgan fingerprint density at radius 2 is 2.11 bits per heavy atom. The summed E-state index contributed by atoms with van der Waals surface area (Å²) in [6.45, 7) is 1.49. The van der Waals surface area contributed by atoms with Crippen LogP contribution in [-0.2, 0) is 4.74 Å². The first kappa shape index (κ1) is 12.7. The molecule has 1 aliphatic heterocycles. The van der Waals surface area contributed by atoms with Crippen LogP contribution < -0.4 is 10.6 Å². The van der Waals surface area contributed by atoms with Gasteiger partial charge in [0.05, 0.1) is 30.2 Å². The molecule has 0 aliphatic carbocycles. The Bertz CT molecular complexity index is 440. The number of rotatable bonds is 2. The van der Waals surface area contributed by atoms with E-state index in [0.717, 1.165) is 31.6 Å². The van der Waals surface area contributed by atoms with Crippen molar-refractivity contribution in [1.82, 2.24) is 0 Å². The second kappa shape index (κ2) is 5.27. The molecule has 3 N–H and O–H groups in total. The van der Waals surface area contributed by atoms with Gasteiger partial charge in [-0.2, -0.15) is 0 Å². The van der Waals surface area contributed by atoms with E-state index in [-0.39, 0.29) is 6.10 Å². The Balaban J connectivity index is 2.26. The smallest absolute Gasteiger partial charge is 0.340 e. The highest BCUT2D eigenvalue weighted by Crippen LogP contribution is 2.29. The van der Waals surface area contributed by atoms with Crippen molar-refractivity contribution >= 4 is 17.3 Å². The number of nitrogens with two attached hydrogens (primary N) is 1. The predicted octanol–water partition coefficient (Wildman–Crippen LogP) is 1.02. The number of hydrogen-bond donors (Lipinski definition) is 2. The summed E-state index contributed by atoms with van der Waals surface area (Å²) in [5.74, 6) is -0.425. The van der Waals surface area contributed by atoms with Crippen molar-refractivity contribution in [1.29, 1.82) is 0 Å². The molecule has 1 heterocycles. The number of ether oxygens (including phenoxy) is 1. The van der Waals surface area contributed by atoms with Gasteiger partial charge in [0.25, 0.3) is 0 Å². The van der Waals surface area contributed by atoms with Crippen LogP contribution in [0.2, 0.25) is 0 Å². The van der Waals surface area contributed by atoms with E-state index in [9.17, 15) is 9.90 Å². The SMILES string of the molecule is COC(=O)c1cccc(N2CCC(O)CC2)c1N. The molecule has 0 unspecified atom stereocenters. The van der Waals surface area contributed by atoms with E-state index < -0.39 is 5.97 Å². The first-order chi connectivity index (χ1) is 8.63. The molecule has 1 aromatic carbocycles. The number of benzene rings is 1. The Hall–Kier alpha value is -1.75. The first-order valence-corrected chi connectivity index (χ1v) is 6.03. The van der Waals surface area contributed by atoms with E-state index in [0.29, 0.717) is 11.3 Å². The number of aliphatic hydroxyl groups is 1. The average Bonchev–Trinajstić information content (AvgIpc) is 2.39. The van der Waals surface area contributed by atoms with Gasteiger partial charge in [-0.25, -0.2) is 4.79 Å². The molecule has 5 nitrogen and oxygen atoms in total. The molecule has 2 rings (SSSR count). The third-order valence-corrected chi connectivity index (χ3v) is 3.29. The zero-order valence-corrected chi connectivity index (χ0v) is 10.4. The Morgan fingerprint density at radius 3 is 2.72 bits per heavy atom. The molecule has 98 valence electrons. The van der Waals surface area contributed by atoms with Crippen molar-refractivity contribution in [3.8, 4) is 0 Å². The van der Waals surface area contributed by atoms with Crippen LogP contribution in [0.1, 0.15) is 23.2 Å². The van der Waals surface area contributed by atoms with E-state index in [1.807, 2.05) is 6.07 Å². The number of piperidine rings is 1. The quantitative estimate of drug-likeness (QED) is 0.605. The average molecular weight is 250 g/mol. The van der Waals surface area contributed by atoms with E-state index in [4.69, 9.17) is 10.5 Å². The minimum Gasteiger partial charge on any atom is -0.465 e. The van der Waals surface area contributed by atoms with Gasteiger partial charge in [0.2, 0.25) is 0 Å². The van der Waals surface area contributed by atoms with Crippen molar-refractivity contribution in [2.75, 3.05) is 30.8 Å². The number of hydrogen-bond acceptors (Lipinski definition) is 5. The summed E-state index contributed by atoms with van der Waals surface area (Å²) < 4.78 is 4.70. The van der Waals surface area contributed by atoms with Gasteiger partial charge in [0.1, 0.15) is 0 Å². The minimum absolute atomic E-state index is 0.230. The highest BCUT2D eigenvalue weighted by Gasteiger charge is 2.21. The molecule has 5 heteroatoms. The van der Waals surface area contributed by atoms with Gasteiger partial charge in [-0.15, -0.1) is 0 Å². The van der Waals surface area contributed by atoms with Crippen LogP contribution in [0.5, 0.6) is 0 Å². The second-order valence-electron chi connectivity index (χ2n) is 4.45. The molecule has 1 aromatic rings. The van der Waals surface area contributed by atoms with Crippen molar-refractivity contribution in [3.05, 3.63) is 23.8 Å². The van der Waals surface area contributed by atoms with Crippen LogP contribution in [-0.4, -0.2) is 37.4 Å². The number of carbonyl (C=O) groups is 1. The van der Waals surface area contributed by atoms with Gasteiger partial charge in [0.15, 0.2) is 0 Å². The van der Waals surface area contributed by atoms with Crippen molar-refractivity contribution in [3.63, 3.8) is 0 Å². The summed E-state index contributed by atoms with van der Waals surface area (Å²) >= 11 is 0. The minimum atomic E-state index is -0.425. The fourth-order valence-electron chi connectivity index (χ4n) is 2.22. The summed E-state index contributed by atoms with van der Waals surface area (Å²) in [4.78, 5) is 13.7. The molecule has 0 spiro atoms. The number of carbonyl (C=O) groups excluding carboxylic acids is 1. The normalized spacial score (nSPS) is 16.7. The molecule has 18 heavy (non-hydrogen) atoms. The molecule has 1 aliphatic rings. The van der Waals surface area contributed by atoms with Gasteiger partial charge >= 0.3 is 5.97 Å². The van der Waals surface area contributed by atoms with Gasteiger partial charge in [-0.05, 0) is 25.0 Å². The van der Waals surface area contributed by atoms with Crippen LogP contribution in [0, 0.1) is 0 Å². The fraction of sp³-hybridized carbons (Fsp3) is 0.462. The maximum atomic E-state index is 11.6. The third kappa shape index (κ3) is 2.41. The molecule has 0 aromatic heterocycles. The molecule has 0 bridgehead atoms. The maximum Gasteiger partial charge on any atom is 0.340 e. The molecule has 0 saturated carbocycles. The lowest BCUT2D eigenvalue weighted by Gasteiger charge is -2.32. The van der Waals surface area contributed by atoms with Crippen LogP contribution in [0.3, 0.4) is 0 Å². The number of aliphatic hydroxyl groups excluding tert-OH is 1. The molecule has 0 radical (unpaired) electrons. The second-order valence-corrected chi connectivity index (χ2v) is 4.45. The summed E-state index contributed by atoms with van der Waals surface area (Å²) in [7, 11) is 1.34. The van der Waals surface area contributed by atoms with E-state index in [1.54, 1.807) is 12.1 Å². The first-order valence-electron chi connectivity index (χ1n) is 6.03. The van der Waals surface area contributed by atoms with Crippen molar-refractivity contribution in [2.45, 2.75) is 18.9 Å². The number of methoxy groups -OCH3 is 1. The summed E-state index contributed by atoms with van der Waals surface area (Å²) in [5.41, 5.74) is 7.69. The summed E-state index contributed by atoms with van der Waals surface area (Å²) in [6, 6.07) is 5.34. The molecule has 1 saturated heterocycles. The highest BCUT2D eigenvalue weighted by atomic mass is 16.5.